The highest BCUT2D eigenvalue weighted by atomic mass is 16.5. The Hall–Kier alpha value is -2.88. The van der Waals surface area contributed by atoms with Gasteiger partial charge >= 0.3 is 5.69 Å². The number of rotatable bonds is 3. The van der Waals surface area contributed by atoms with Crippen molar-refractivity contribution in [2.45, 2.75) is 19.1 Å². The van der Waals surface area contributed by atoms with Crippen LogP contribution in [0.15, 0.2) is 27.6 Å². The summed E-state index contributed by atoms with van der Waals surface area (Å²) in [6.45, 7) is 2.60. The number of aromatic amines is 1. The SMILES string of the molecule is O=C(CC1OCCn2c1n[nH]c2=O)N1CCN(C(=O)c2ccco2)CC1. The Morgan fingerprint density at radius 3 is 2.69 bits per heavy atom. The normalized spacial score (nSPS) is 20.1. The molecule has 4 heterocycles. The van der Waals surface area contributed by atoms with Gasteiger partial charge in [-0.2, -0.15) is 5.10 Å². The summed E-state index contributed by atoms with van der Waals surface area (Å²) in [4.78, 5) is 39.9. The Morgan fingerprint density at radius 2 is 1.96 bits per heavy atom. The average Bonchev–Trinajstić information content (AvgIpc) is 3.32. The molecule has 0 spiro atoms. The van der Waals surface area contributed by atoms with Gasteiger partial charge in [-0.25, -0.2) is 9.89 Å². The molecule has 2 aromatic heterocycles. The van der Waals surface area contributed by atoms with Crippen LogP contribution < -0.4 is 5.69 Å². The molecule has 2 amide bonds. The molecule has 1 fully saturated rings. The van der Waals surface area contributed by atoms with E-state index in [1.54, 1.807) is 21.9 Å². The molecular formula is C16H19N5O5. The monoisotopic (exact) mass is 361 g/mol. The van der Waals surface area contributed by atoms with Gasteiger partial charge < -0.3 is 19.0 Å². The van der Waals surface area contributed by atoms with Crippen molar-refractivity contribution in [1.82, 2.24) is 24.6 Å². The van der Waals surface area contributed by atoms with Crippen molar-refractivity contribution in [3.05, 3.63) is 40.5 Å². The van der Waals surface area contributed by atoms with Gasteiger partial charge in [-0.1, -0.05) is 0 Å². The number of carbonyl (C=O) groups excluding carboxylic acids is 2. The Kier molecular flexibility index (Phi) is 4.33. The van der Waals surface area contributed by atoms with E-state index >= 15 is 0 Å². The van der Waals surface area contributed by atoms with E-state index in [1.165, 1.54) is 10.8 Å². The summed E-state index contributed by atoms with van der Waals surface area (Å²) in [6, 6.07) is 3.30. The maximum absolute atomic E-state index is 12.6. The summed E-state index contributed by atoms with van der Waals surface area (Å²) < 4.78 is 12.3. The quantitative estimate of drug-likeness (QED) is 0.796. The third-order valence-electron chi connectivity index (χ3n) is 4.72. The molecule has 0 bridgehead atoms. The van der Waals surface area contributed by atoms with Crippen LogP contribution in [0.25, 0.3) is 0 Å². The largest absolute Gasteiger partial charge is 0.459 e. The highest BCUT2D eigenvalue weighted by Gasteiger charge is 2.31. The Balaban J connectivity index is 1.34. The van der Waals surface area contributed by atoms with E-state index in [0.29, 0.717) is 50.9 Å². The molecule has 138 valence electrons. The van der Waals surface area contributed by atoms with Crippen molar-refractivity contribution in [2.24, 2.45) is 0 Å². The van der Waals surface area contributed by atoms with Gasteiger partial charge in [-0.15, -0.1) is 0 Å². The molecule has 1 atom stereocenters. The molecule has 1 N–H and O–H groups in total. The third-order valence-corrected chi connectivity index (χ3v) is 4.72. The highest BCUT2D eigenvalue weighted by molar-refractivity contribution is 5.91. The van der Waals surface area contributed by atoms with E-state index in [1.807, 2.05) is 0 Å². The topological polar surface area (TPSA) is 114 Å². The lowest BCUT2D eigenvalue weighted by Gasteiger charge is -2.35. The number of aromatic nitrogens is 3. The number of hydrogen-bond donors (Lipinski definition) is 1. The van der Waals surface area contributed by atoms with Crippen LogP contribution >= 0.6 is 0 Å². The van der Waals surface area contributed by atoms with E-state index in [4.69, 9.17) is 9.15 Å². The molecule has 2 aromatic rings. The van der Waals surface area contributed by atoms with E-state index in [9.17, 15) is 14.4 Å². The fourth-order valence-electron chi connectivity index (χ4n) is 3.31. The molecule has 10 heteroatoms. The predicted octanol–water partition coefficient (Wildman–Crippen LogP) is -0.390. The Labute approximate surface area is 148 Å². The first kappa shape index (κ1) is 16.6. The summed E-state index contributed by atoms with van der Waals surface area (Å²) in [5, 5.41) is 6.36. The second kappa shape index (κ2) is 6.79. The van der Waals surface area contributed by atoms with E-state index in [2.05, 4.69) is 10.2 Å². The zero-order valence-corrected chi connectivity index (χ0v) is 14.1. The van der Waals surface area contributed by atoms with Crippen LogP contribution in [0.3, 0.4) is 0 Å². The van der Waals surface area contributed by atoms with E-state index in [0.717, 1.165) is 0 Å². The lowest BCUT2D eigenvalue weighted by atomic mass is 10.1. The molecule has 1 saturated heterocycles. The Morgan fingerprint density at radius 1 is 1.19 bits per heavy atom. The minimum Gasteiger partial charge on any atom is -0.459 e. The third kappa shape index (κ3) is 3.03. The number of hydrogen-bond acceptors (Lipinski definition) is 6. The zero-order chi connectivity index (χ0) is 18.1. The molecule has 2 aliphatic rings. The zero-order valence-electron chi connectivity index (χ0n) is 14.1. The molecule has 1 unspecified atom stereocenters. The van der Waals surface area contributed by atoms with Crippen LogP contribution in [0.4, 0.5) is 0 Å². The molecule has 0 aromatic carbocycles. The predicted molar refractivity (Wildman–Crippen MR) is 87.3 cm³/mol. The lowest BCUT2D eigenvalue weighted by Crippen LogP contribution is -2.51. The van der Waals surface area contributed by atoms with Crippen molar-refractivity contribution < 1.29 is 18.7 Å². The highest BCUT2D eigenvalue weighted by Crippen LogP contribution is 2.23. The number of ether oxygens (including phenoxy) is 1. The van der Waals surface area contributed by atoms with Gasteiger partial charge in [0.05, 0.1) is 25.8 Å². The first-order chi connectivity index (χ1) is 12.6. The van der Waals surface area contributed by atoms with Gasteiger partial charge in [0.25, 0.3) is 5.91 Å². The second-order valence-corrected chi connectivity index (χ2v) is 6.25. The summed E-state index contributed by atoms with van der Waals surface area (Å²) >= 11 is 0. The van der Waals surface area contributed by atoms with Crippen LogP contribution in [0.2, 0.25) is 0 Å². The van der Waals surface area contributed by atoms with E-state index in [-0.39, 0.29) is 23.9 Å². The van der Waals surface area contributed by atoms with Crippen molar-refractivity contribution in [2.75, 3.05) is 32.8 Å². The summed E-state index contributed by atoms with van der Waals surface area (Å²) in [5.74, 6) is 0.514. The van der Waals surface area contributed by atoms with Crippen molar-refractivity contribution in [1.29, 1.82) is 0 Å². The number of piperazine rings is 1. The molecule has 0 saturated carbocycles. The number of H-pyrrole nitrogens is 1. The van der Waals surface area contributed by atoms with Crippen LogP contribution in [0.1, 0.15) is 28.9 Å². The number of amides is 2. The smallest absolute Gasteiger partial charge is 0.343 e. The Bertz CT molecular complexity index is 847. The number of carbonyl (C=O) groups is 2. The van der Waals surface area contributed by atoms with Crippen molar-refractivity contribution in [3.8, 4) is 0 Å². The van der Waals surface area contributed by atoms with Gasteiger partial charge in [0, 0.05) is 26.2 Å². The molecule has 10 nitrogen and oxygen atoms in total. The number of furan rings is 1. The van der Waals surface area contributed by atoms with Crippen LogP contribution in [0, 0.1) is 0 Å². The number of nitrogens with zero attached hydrogens (tertiary/aromatic N) is 4. The molecular weight excluding hydrogens is 342 g/mol. The van der Waals surface area contributed by atoms with Gasteiger partial charge in [0.1, 0.15) is 6.10 Å². The minimum atomic E-state index is -0.530. The second-order valence-electron chi connectivity index (χ2n) is 6.25. The summed E-state index contributed by atoms with van der Waals surface area (Å²) in [5.41, 5.74) is -0.286. The molecule has 0 aliphatic carbocycles. The first-order valence-electron chi connectivity index (χ1n) is 8.51. The molecule has 26 heavy (non-hydrogen) atoms. The van der Waals surface area contributed by atoms with Crippen molar-refractivity contribution in [3.63, 3.8) is 0 Å². The van der Waals surface area contributed by atoms with Crippen LogP contribution in [-0.2, 0) is 16.1 Å². The van der Waals surface area contributed by atoms with Crippen molar-refractivity contribution >= 4 is 11.8 Å². The van der Waals surface area contributed by atoms with Gasteiger partial charge in [0.15, 0.2) is 11.6 Å². The lowest BCUT2D eigenvalue weighted by molar-refractivity contribution is -0.136. The molecule has 2 aliphatic heterocycles. The number of fused-ring (bicyclic) bond motifs is 1. The first-order valence-corrected chi connectivity index (χ1v) is 8.51. The maximum atomic E-state index is 12.6. The van der Waals surface area contributed by atoms with Crippen LogP contribution in [-0.4, -0.2) is 69.2 Å². The average molecular weight is 361 g/mol. The van der Waals surface area contributed by atoms with Gasteiger partial charge in [0.2, 0.25) is 5.91 Å². The molecule has 0 radical (unpaired) electrons. The number of nitrogens with one attached hydrogen (secondary N) is 1. The summed E-state index contributed by atoms with van der Waals surface area (Å²) in [6.07, 6.45) is 1.06. The maximum Gasteiger partial charge on any atom is 0.343 e. The fourth-order valence-corrected chi connectivity index (χ4v) is 3.31. The van der Waals surface area contributed by atoms with Crippen LogP contribution in [0.5, 0.6) is 0 Å². The summed E-state index contributed by atoms with van der Waals surface area (Å²) in [7, 11) is 0. The van der Waals surface area contributed by atoms with Gasteiger partial charge in [-0.05, 0) is 12.1 Å². The standard InChI is InChI=1S/C16H19N5O5/c22-13(10-12-14-17-18-16(24)21(14)7-9-26-12)19-3-5-20(6-4-19)15(23)11-2-1-8-25-11/h1-2,8,12H,3-7,9-10H2,(H,18,24). The van der Waals surface area contributed by atoms with Gasteiger partial charge in [-0.3, -0.25) is 14.2 Å². The minimum absolute atomic E-state index is 0.0796. The fraction of sp³-hybridized carbons (Fsp3) is 0.500. The molecule has 4 rings (SSSR count). The van der Waals surface area contributed by atoms with E-state index < -0.39 is 6.10 Å².